The van der Waals surface area contributed by atoms with Crippen molar-refractivity contribution in [2.75, 3.05) is 6.54 Å². The van der Waals surface area contributed by atoms with Crippen molar-refractivity contribution in [1.29, 1.82) is 0 Å². The summed E-state index contributed by atoms with van der Waals surface area (Å²) in [4.78, 5) is 4.65. The van der Waals surface area contributed by atoms with E-state index in [1.54, 1.807) is 17.6 Å². The molecule has 0 fully saturated rings. The number of benzene rings is 1. The van der Waals surface area contributed by atoms with Crippen molar-refractivity contribution in [1.82, 2.24) is 4.98 Å². The van der Waals surface area contributed by atoms with Crippen molar-refractivity contribution in [2.45, 2.75) is 12.8 Å². The summed E-state index contributed by atoms with van der Waals surface area (Å²) in [5.74, 6) is 0.307. The Morgan fingerprint density at radius 1 is 1.39 bits per heavy atom. The van der Waals surface area contributed by atoms with Crippen LogP contribution in [-0.2, 0) is 0 Å². The number of fused-ring (bicyclic) bond motifs is 1. The fourth-order valence-electron chi connectivity index (χ4n) is 1.91. The minimum Gasteiger partial charge on any atom is -0.464 e. The van der Waals surface area contributed by atoms with E-state index in [0.717, 1.165) is 27.2 Å². The van der Waals surface area contributed by atoms with Gasteiger partial charge in [0.1, 0.15) is 11.8 Å². The zero-order valence-corrected chi connectivity index (χ0v) is 10.9. The van der Waals surface area contributed by atoms with Crippen LogP contribution in [-0.4, -0.2) is 11.5 Å². The molecule has 2 aromatic heterocycles. The van der Waals surface area contributed by atoms with E-state index >= 15 is 0 Å². The van der Waals surface area contributed by atoms with E-state index < -0.39 is 0 Å². The SMILES string of the molecule is CC(CN)c1nc(-c2coc3ccccc23)cs1. The smallest absolute Gasteiger partial charge is 0.134 e. The summed E-state index contributed by atoms with van der Waals surface area (Å²) in [6, 6.07) is 8.00. The van der Waals surface area contributed by atoms with Gasteiger partial charge in [-0.05, 0) is 6.07 Å². The van der Waals surface area contributed by atoms with Gasteiger partial charge in [0.05, 0.1) is 10.7 Å². The highest BCUT2D eigenvalue weighted by atomic mass is 32.1. The highest BCUT2D eigenvalue weighted by Gasteiger charge is 2.13. The molecule has 3 nitrogen and oxygen atoms in total. The first-order valence-corrected chi connectivity index (χ1v) is 6.79. The predicted octanol–water partition coefficient (Wildman–Crippen LogP) is 3.62. The Labute approximate surface area is 109 Å². The number of hydrogen-bond acceptors (Lipinski definition) is 4. The Morgan fingerprint density at radius 2 is 2.22 bits per heavy atom. The van der Waals surface area contributed by atoms with Crippen LogP contribution in [0.15, 0.2) is 40.3 Å². The number of hydrogen-bond donors (Lipinski definition) is 1. The maximum Gasteiger partial charge on any atom is 0.134 e. The van der Waals surface area contributed by atoms with Crippen molar-refractivity contribution < 1.29 is 4.42 Å². The Kier molecular flexibility index (Phi) is 2.89. The molecule has 0 radical (unpaired) electrons. The molecule has 0 saturated heterocycles. The van der Waals surface area contributed by atoms with Gasteiger partial charge in [0.2, 0.25) is 0 Å². The minimum absolute atomic E-state index is 0.307. The molecular formula is C14H14N2OS. The van der Waals surface area contributed by atoms with Crippen molar-refractivity contribution in [2.24, 2.45) is 5.73 Å². The molecule has 1 unspecified atom stereocenters. The molecular weight excluding hydrogens is 244 g/mol. The van der Waals surface area contributed by atoms with E-state index in [1.807, 2.05) is 18.2 Å². The van der Waals surface area contributed by atoms with Gasteiger partial charge in [-0.2, -0.15) is 0 Å². The first kappa shape index (κ1) is 11.4. The zero-order chi connectivity index (χ0) is 12.5. The number of furan rings is 1. The summed E-state index contributed by atoms with van der Waals surface area (Å²) in [6.45, 7) is 2.72. The van der Waals surface area contributed by atoms with Crippen LogP contribution in [0.3, 0.4) is 0 Å². The third-order valence-corrected chi connectivity index (χ3v) is 4.13. The number of thiazole rings is 1. The molecule has 0 aliphatic carbocycles. The topological polar surface area (TPSA) is 52.0 Å². The van der Waals surface area contributed by atoms with E-state index in [2.05, 4.69) is 23.4 Å². The molecule has 0 amide bonds. The molecule has 92 valence electrons. The van der Waals surface area contributed by atoms with Crippen LogP contribution in [0, 0.1) is 0 Å². The highest BCUT2D eigenvalue weighted by Crippen LogP contribution is 2.32. The molecule has 0 aliphatic heterocycles. The molecule has 1 aromatic carbocycles. The fourth-order valence-corrected chi connectivity index (χ4v) is 2.81. The Morgan fingerprint density at radius 3 is 3.06 bits per heavy atom. The molecule has 18 heavy (non-hydrogen) atoms. The summed E-state index contributed by atoms with van der Waals surface area (Å²) in [7, 11) is 0. The molecule has 4 heteroatoms. The lowest BCUT2D eigenvalue weighted by molar-refractivity contribution is 0.617. The predicted molar refractivity (Wildman–Crippen MR) is 74.8 cm³/mol. The van der Waals surface area contributed by atoms with Gasteiger partial charge in [-0.3, -0.25) is 0 Å². The monoisotopic (exact) mass is 258 g/mol. The third kappa shape index (κ3) is 1.83. The number of para-hydroxylation sites is 1. The second-order valence-corrected chi connectivity index (χ2v) is 5.24. The zero-order valence-electron chi connectivity index (χ0n) is 10.1. The quantitative estimate of drug-likeness (QED) is 0.780. The van der Waals surface area contributed by atoms with Crippen LogP contribution in [0.1, 0.15) is 17.8 Å². The second kappa shape index (κ2) is 4.55. The van der Waals surface area contributed by atoms with Crippen LogP contribution in [0.4, 0.5) is 0 Å². The van der Waals surface area contributed by atoms with Gasteiger partial charge in [-0.15, -0.1) is 11.3 Å². The summed E-state index contributed by atoms with van der Waals surface area (Å²) in [5.41, 5.74) is 8.59. The highest BCUT2D eigenvalue weighted by molar-refractivity contribution is 7.10. The Bertz CT molecular complexity index is 671. The molecule has 2 N–H and O–H groups in total. The molecule has 0 bridgehead atoms. The van der Waals surface area contributed by atoms with Gasteiger partial charge in [0.15, 0.2) is 0 Å². The molecule has 0 saturated carbocycles. The van der Waals surface area contributed by atoms with Crippen molar-refractivity contribution >= 4 is 22.3 Å². The van der Waals surface area contributed by atoms with Crippen molar-refractivity contribution in [3.63, 3.8) is 0 Å². The number of rotatable bonds is 3. The lowest BCUT2D eigenvalue weighted by Gasteiger charge is -2.01. The Balaban J connectivity index is 2.07. The first-order valence-electron chi connectivity index (χ1n) is 5.91. The van der Waals surface area contributed by atoms with E-state index in [0.29, 0.717) is 12.5 Å². The van der Waals surface area contributed by atoms with Gasteiger partial charge in [0.25, 0.3) is 0 Å². The van der Waals surface area contributed by atoms with Crippen LogP contribution in [0.2, 0.25) is 0 Å². The van der Waals surface area contributed by atoms with Crippen molar-refractivity contribution in [3.8, 4) is 11.3 Å². The lowest BCUT2D eigenvalue weighted by Crippen LogP contribution is -2.08. The molecule has 2 heterocycles. The van der Waals surface area contributed by atoms with Crippen molar-refractivity contribution in [3.05, 3.63) is 40.9 Å². The summed E-state index contributed by atoms with van der Waals surface area (Å²) >= 11 is 1.66. The number of nitrogens with two attached hydrogens (primary N) is 1. The summed E-state index contributed by atoms with van der Waals surface area (Å²) < 4.78 is 5.54. The molecule has 3 rings (SSSR count). The van der Waals surface area contributed by atoms with E-state index in [1.165, 1.54) is 0 Å². The van der Waals surface area contributed by atoms with Gasteiger partial charge in [-0.25, -0.2) is 4.98 Å². The van der Waals surface area contributed by atoms with Crippen LogP contribution in [0.25, 0.3) is 22.2 Å². The van der Waals surface area contributed by atoms with Crippen LogP contribution in [0.5, 0.6) is 0 Å². The van der Waals surface area contributed by atoms with Gasteiger partial charge < -0.3 is 10.2 Å². The van der Waals surface area contributed by atoms with E-state index in [4.69, 9.17) is 10.2 Å². The minimum atomic E-state index is 0.307. The molecule has 0 spiro atoms. The average molecular weight is 258 g/mol. The largest absolute Gasteiger partial charge is 0.464 e. The van der Waals surface area contributed by atoms with E-state index in [9.17, 15) is 0 Å². The summed E-state index contributed by atoms with van der Waals surface area (Å²) in [5, 5.41) is 4.26. The third-order valence-electron chi connectivity index (χ3n) is 3.05. The standard InChI is InChI=1S/C14H14N2OS/c1-9(6-15)14-16-12(8-18-14)11-7-17-13-5-3-2-4-10(11)13/h2-5,7-9H,6,15H2,1H3. The normalized spacial score (nSPS) is 13.0. The maximum atomic E-state index is 5.67. The second-order valence-electron chi connectivity index (χ2n) is 4.35. The Hall–Kier alpha value is -1.65. The number of nitrogens with zero attached hydrogens (tertiary/aromatic N) is 1. The van der Waals surface area contributed by atoms with Gasteiger partial charge in [-0.1, -0.05) is 25.1 Å². The number of aromatic nitrogens is 1. The van der Waals surface area contributed by atoms with Gasteiger partial charge in [0, 0.05) is 28.8 Å². The maximum absolute atomic E-state index is 5.67. The van der Waals surface area contributed by atoms with Crippen LogP contribution < -0.4 is 5.73 Å². The van der Waals surface area contributed by atoms with Gasteiger partial charge >= 0.3 is 0 Å². The van der Waals surface area contributed by atoms with E-state index in [-0.39, 0.29) is 0 Å². The molecule has 1 atom stereocenters. The fraction of sp³-hybridized carbons (Fsp3) is 0.214. The average Bonchev–Trinajstić information content (AvgIpc) is 3.03. The first-order chi connectivity index (χ1) is 8.79. The molecule has 0 aliphatic rings. The van der Waals surface area contributed by atoms with Crippen LogP contribution >= 0.6 is 11.3 Å². The lowest BCUT2D eigenvalue weighted by atomic mass is 10.1. The summed E-state index contributed by atoms with van der Waals surface area (Å²) in [6.07, 6.45) is 1.77. The molecule has 3 aromatic rings.